The van der Waals surface area contributed by atoms with Gasteiger partial charge in [-0.2, -0.15) is 0 Å². The molecule has 0 aliphatic carbocycles. The number of hydrogen-bond donors (Lipinski definition) is 1. The van der Waals surface area contributed by atoms with Crippen LogP contribution in [0.2, 0.25) is 0 Å². The van der Waals surface area contributed by atoms with Crippen LogP contribution in [0.4, 0.5) is 17.2 Å². The molecule has 1 N–H and O–H groups in total. The largest absolute Gasteiger partial charge is 0.340 e. The van der Waals surface area contributed by atoms with Crippen molar-refractivity contribution in [2.45, 2.75) is 13.3 Å². The van der Waals surface area contributed by atoms with Crippen LogP contribution in [-0.4, -0.2) is 27.4 Å². The summed E-state index contributed by atoms with van der Waals surface area (Å²) in [6, 6.07) is 17.8. The SMILES string of the molecule is CC(=O)N1CCc2cc(Nc3nc(-c4ccncc4)nc4ccccc34)ccc21. The number of benzene rings is 2. The summed E-state index contributed by atoms with van der Waals surface area (Å²) in [5.41, 5.74) is 4.89. The number of pyridine rings is 1. The van der Waals surface area contributed by atoms with Gasteiger partial charge in [-0.1, -0.05) is 12.1 Å². The van der Waals surface area contributed by atoms with Crippen molar-refractivity contribution >= 4 is 34.0 Å². The summed E-state index contributed by atoms with van der Waals surface area (Å²) in [7, 11) is 0. The topological polar surface area (TPSA) is 71.0 Å². The predicted molar refractivity (Wildman–Crippen MR) is 114 cm³/mol. The number of hydrogen-bond acceptors (Lipinski definition) is 5. The maximum Gasteiger partial charge on any atom is 0.223 e. The van der Waals surface area contributed by atoms with Crippen LogP contribution in [0.5, 0.6) is 0 Å². The minimum Gasteiger partial charge on any atom is -0.340 e. The van der Waals surface area contributed by atoms with Crippen LogP contribution in [0.3, 0.4) is 0 Å². The Bertz CT molecular complexity index is 1220. The maximum absolute atomic E-state index is 11.8. The van der Waals surface area contributed by atoms with Gasteiger partial charge in [0, 0.05) is 48.2 Å². The van der Waals surface area contributed by atoms with Crippen molar-refractivity contribution < 1.29 is 4.79 Å². The third kappa shape index (κ3) is 3.18. The van der Waals surface area contributed by atoms with E-state index in [1.54, 1.807) is 19.3 Å². The molecule has 1 aliphatic heterocycles. The molecule has 142 valence electrons. The molecular weight excluding hydrogens is 362 g/mol. The first kappa shape index (κ1) is 17.3. The van der Waals surface area contributed by atoms with E-state index in [0.29, 0.717) is 5.82 Å². The lowest BCUT2D eigenvalue weighted by atomic mass is 10.1. The minimum atomic E-state index is 0.0771. The zero-order valence-corrected chi connectivity index (χ0v) is 16.0. The first-order valence-electron chi connectivity index (χ1n) is 9.54. The fourth-order valence-electron chi connectivity index (χ4n) is 3.75. The normalized spacial score (nSPS) is 12.8. The van der Waals surface area contributed by atoms with E-state index >= 15 is 0 Å². The van der Waals surface area contributed by atoms with Crippen LogP contribution in [0.15, 0.2) is 67.0 Å². The Morgan fingerprint density at radius 2 is 1.86 bits per heavy atom. The number of carbonyl (C=O) groups excluding carboxylic acids is 1. The van der Waals surface area contributed by atoms with E-state index in [1.807, 2.05) is 53.4 Å². The molecule has 4 aromatic rings. The number of rotatable bonds is 3. The smallest absolute Gasteiger partial charge is 0.223 e. The summed E-state index contributed by atoms with van der Waals surface area (Å²) < 4.78 is 0. The molecule has 0 saturated carbocycles. The van der Waals surface area contributed by atoms with Gasteiger partial charge in [-0.25, -0.2) is 9.97 Å². The van der Waals surface area contributed by atoms with Gasteiger partial charge >= 0.3 is 0 Å². The molecule has 0 saturated heterocycles. The van der Waals surface area contributed by atoms with Gasteiger partial charge in [0.05, 0.1) is 5.52 Å². The van der Waals surface area contributed by atoms with Gasteiger partial charge in [0.1, 0.15) is 5.82 Å². The zero-order valence-electron chi connectivity index (χ0n) is 16.0. The van der Waals surface area contributed by atoms with Crippen molar-refractivity contribution in [3.63, 3.8) is 0 Å². The van der Waals surface area contributed by atoms with Gasteiger partial charge in [-0.05, 0) is 54.4 Å². The highest BCUT2D eigenvalue weighted by molar-refractivity contribution is 5.95. The summed E-state index contributed by atoms with van der Waals surface area (Å²) in [5.74, 6) is 1.48. The van der Waals surface area contributed by atoms with Crippen LogP contribution >= 0.6 is 0 Å². The van der Waals surface area contributed by atoms with E-state index in [1.165, 1.54) is 0 Å². The number of anilines is 3. The summed E-state index contributed by atoms with van der Waals surface area (Å²) in [4.78, 5) is 27.2. The Labute approximate surface area is 168 Å². The van der Waals surface area contributed by atoms with Crippen molar-refractivity contribution in [1.29, 1.82) is 0 Å². The molecule has 2 aromatic carbocycles. The van der Waals surface area contributed by atoms with E-state index in [4.69, 9.17) is 9.97 Å². The molecule has 1 aliphatic rings. The molecule has 1 amide bonds. The lowest BCUT2D eigenvalue weighted by Crippen LogP contribution is -2.25. The monoisotopic (exact) mass is 381 g/mol. The lowest BCUT2D eigenvalue weighted by molar-refractivity contribution is -0.116. The van der Waals surface area contributed by atoms with E-state index < -0.39 is 0 Å². The predicted octanol–water partition coefficient (Wildman–Crippen LogP) is 4.34. The highest BCUT2D eigenvalue weighted by Gasteiger charge is 2.22. The second-order valence-electron chi connectivity index (χ2n) is 7.04. The second kappa shape index (κ2) is 6.98. The molecule has 3 heterocycles. The number of carbonyl (C=O) groups is 1. The van der Waals surface area contributed by atoms with Crippen LogP contribution in [-0.2, 0) is 11.2 Å². The average molecular weight is 381 g/mol. The number of nitrogens with zero attached hydrogens (tertiary/aromatic N) is 4. The molecule has 6 nitrogen and oxygen atoms in total. The lowest BCUT2D eigenvalue weighted by Gasteiger charge is -2.15. The van der Waals surface area contributed by atoms with Crippen LogP contribution in [0, 0.1) is 0 Å². The zero-order chi connectivity index (χ0) is 19.8. The van der Waals surface area contributed by atoms with Gasteiger partial charge in [-0.3, -0.25) is 9.78 Å². The summed E-state index contributed by atoms with van der Waals surface area (Å²) in [6.07, 6.45) is 4.34. The molecular formula is C23H19N5O. The van der Waals surface area contributed by atoms with Gasteiger partial charge < -0.3 is 10.2 Å². The third-order valence-electron chi connectivity index (χ3n) is 5.16. The number of nitrogens with one attached hydrogen (secondary N) is 1. The van der Waals surface area contributed by atoms with E-state index in [-0.39, 0.29) is 5.91 Å². The molecule has 6 heteroatoms. The highest BCUT2D eigenvalue weighted by Crippen LogP contribution is 2.33. The summed E-state index contributed by atoms with van der Waals surface area (Å²) >= 11 is 0. The highest BCUT2D eigenvalue weighted by atomic mass is 16.2. The van der Waals surface area contributed by atoms with E-state index in [0.717, 1.165) is 52.2 Å². The first-order valence-corrected chi connectivity index (χ1v) is 9.54. The quantitative estimate of drug-likeness (QED) is 0.571. The summed E-state index contributed by atoms with van der Waals surface area (Å²) in [6.45, 7) is 2.34. The second-order valence-corrected chi connectivity index (χ2v) is 7.04. The van der Waals surface area contributed by atoms with E-state index in [2.05, 4.69) is 16.4 Å². The molecule has 0 bridgehead atoms. The van der Waals surface area contributed by atoms with Crippen molar-refractivity contribution in [3.05, 3.63) is 72.6 Å². The van der Waals surface area contributed by atoms with Crippen LogP contribution < -0.4 is 10.2 Å². The van der Waals surface area contributed by atoms with Crippen molar-refractivity contribution in [2.75, 3.05) is 16.8 Å². The molecule has 0 radical (unpaired) electrons. The molecule has 5 rings (SSSR count). The standard InChI is InChI=1S/C23H19N5O/c1-15(29)28-13-10-17-14-18(6-7-21(17)28)25-23-19-4-2-3-5-20(19)26-22(27-23)16-8-11-24-12-9-16/h2-9,11-12,14H,10,13H2,1H3,(H,25,26,27). The number of para-hydroxylation sites is 1. The third-order valence-corrected chi connectivity index (χ3v) is 5.16. The fraction of sp³-hybridized carbons (Fsp3) is 0.130. The molecule has 0 atom stereocenters. The fourth-order valence-corrected chi connectivity index (χ4v) is 3.75. The molecule has 2 aromatic heterocycles. The minimum absolute atomic E-state index is 0.0771. The molecule has 29 heavy (non-hydrogen) atoms. The summed E-state index contributed by atoms with van der Waals surface area (Å²) in [5, 5.41) is 4.42. The van der Waals surface area contributed by atoms with Crippen molar-refractivity contribution in [1.82, 2.24) is 15.0 Å². The van der Waals surface area contributed by atoms with Gasteiger partial charge in [0.15, 0.2) is 5.82 Å². The number of fused-ring (bicyclic) bond motifs is 2. The Hall–Kier alpha value is -3.80. The Kier molecular flexibility index (Phi) is 4.17. The number of aromatic nitrogens is 3. The molecule has 0 fully saturated rings. The number of amides is 1. The van der Waals surface area contributed by atoms with Crippen LogP contribution in [0.25, 0.3) is 22.3 Å². The van der Waals surface area contributed by atoms with Gasteiger partial charge in [-0.15, -0.1) is 0 Å². The molecule has 0 spiro atoms. The molecule has 0 unspecified atom stereocenters. The Morgan fingerprint density at radius 3 is 2.69 bits per heavy atom. The van der Waals surface area contributed by atoms with E-state index in [9.17, 15) is 4.79 Å². The first-order chi connectivity index (χ1) is 14.2. The van der Waals surface area contributed by atoms with Gasteiger partial charge in [0.25, 0.3) is 0 Å². The maximum atomic E-state index is 11.8. The average Bonchev–Trinajstić information content (AvgIpc) is 3.18. The Balaban J connectivity index is 1.56. The van der Waals surface area contributed by atoms with Crippen molar-refractivity contribution in [2.24, 2.45) is 0 Å². The van der Waals surface area contributed by atoms with Gasteiger partial charge in [0.2, 0.25) is 5.91 Å². The Morgan fingerprint density at radius 1 is 1.03 bits per heavy atom. The van der Waals surface area contributed by atoms with Crippen LogP contribution in [0.1, 0.15) is 12.5 Å². The van der Waals surface area contributed by atoms with Crippen molar-refractivity contribution in [3.8, 4) is 11.4 Å².